The van der Waals surface area contributed by atoms with Gasteiger partial charge in [-0.3, -0.25) is 0 Å². The molecule has 1 aliphatic carbocycles. The molecule has 0 atom stereocenters. The quantitative estimate of drug-likeness (QED) is 0.314. The maximum atomic E-state index is 14.9. The molecule has 2 heteroatoms. The van der Waals surface area contributed by atoms with E-state index in [2.05, 4.69) is 42.1 Å². The first-order valence-electron chi connectivity index (χ1n) is 11.4. The van der Waals surface area contributed by atoms with Crippen molar-refractivity contribution in [2.45, 2.75) is 39.0 Å². The summed E-state index contributed by atoms with van der Waals surface area (Å²) in [6, 6.07) is 22.6. The largest absolute Gasteiger partial charge is 0.220 e. The van der Waals surface area contributed by atoms with Crippen molar-refractivity contribution in [3.05, 3.63) is 89.9 Å². The monoisotopic (exact) mass is 410 g/mol. The normalized spacial score (nSPS) is 14.4. The van der Waals surface area contributed by atoms with E-state index in [1.165, 1.54) is 48.4 Å². The van der Waals surface area contributed by atoms with E-state index in [1.807, 2.05) is 43.3 Å². The van der Waals surface area contributed by atoms with Crippen LogP contribution in [-0.4, -0.2) is 0 Å². The van der Waals surface area contributed by atoms with Gasteiger partial charge in [0.25, 0.3) is 0 Å². The lowest BCUT2D eigenvalue weighted by Crippen LogP contribution is -2.30. The van der Waals surface area contributed by atoms with Crippen LogP contribution in [0.5, 0.6) is 0 Å². The average Bonchev–Trinajstić information content (AvgIpc) is 3.28. The summed E-state index contributed by atoms with van der Waals surface area (Å²) in [4.78, 5) is 0. The highest BCUT2D eigenvalue weighted by atomic mass is 19.1. The van der Waals surface area contributed by atoms with Gasteiger partial charge in [-0.05, 0) is 59.5 Å². The zero-order valence-corrected chi connectivity index (χ0v) is 18.4. The zero-order valence-electron chi connectivity index (χ0n) is 18.4. The van der Waals surface area contributed by atoms with Crippen LogP contribution >= 0.6 is 0 Å². The Kier molecular flexibility index (Phi) is 5.31. The van der Waals surface area contributed by atoms with Crippen LogP contribution in [0, 0.1) is 18.7 Å². The Morgan fingerprint density at radius 1 is 0.903 bits per heavy atom. The van der Waals surface area contributed by atoms with Crippen molar-refractivity contribution >= 4 is 10.8 Å². The molecule has 3 aromatic carbocycles. The van der Waals surface area contributed by atoms with Crippen LogP contribution in [0.1, 0.15) is 36.8 Å². The zero-order chi connectivity index (χ0) is 21.4. The van der Waals surface area contributed by atoms with E-state index in [-0.39, 0.29) is 5.82 Å². The Morgan fingerprint density at radius 3 is 2.45 bits per heavy atom. The predicted octanol–water partition coefficient (Wildman–Crippen LogP) is 7.18. The molecule has 4 aromatic rings. The minimum absolute atomic E-state index is 0.172. The van der Waals surface area contributed by atoms with Crippen LogP contribution in [-0.2, 0) is 13.5 Å². The molecule has 0 saturated heterocycles. The maximum Gasteiger partial charge on any atom is 0.220 e. The second-order valence-corrected chi connectivity index (χ2v) is 9.06. The number of halogens is 1. The lowest BCUT2D eigenvalue weighted by atomic mass is 9.92. The second-order valence-electron chi connectivity index (χ2n) is 9.06. The minimum Gasteiger partial charge on any atom is -0.206 e. The Morgan fingerprint density at radius 2 is 1.68 bits per heavy atom. The van der Waals surface area contributed by atoms with E-state index in [4.69, 9.17) is 0 Å². The summed E-state index contributed by atoms with van der Waals surface area (Å²) in [5.74, 6) is 0.665. The molecule has 1 saturated carbocycles. The first-order valence-corrected chi connectivity index (χ1v) is 11.4. The van der Waals surface area contributed by atoms with Crippen LogP contribution < -0.4 is 4.57 Å². The number of hydrogen-bond donors (Lipinski definition) is 0. The Bertz CT molecular complexity index is 1240. The van der Waals surface area contributed by atoms with Crippen LogP contribution in [0.25, 0.3) is 33.2 Å². The van der Waals surface area contributed by atoms with E-state index in [1.54, 1.807) is 6.07 Å². The number of nitrogens with zero attached hydrogens (tertiary/aromatic N) is 1. The topological polar surface area (TPSA) is 3.88 Å². The van der Waals surface area contributed by atoms with Crippen molar-refractivity contribution < 1.29 is 8.96 Å². The predicted molar refractivity (Wildman–Crippen MR) is 126 cm³/mol. The van der Waals surface area contributed by atoms with Gasteiger partial charge in [-0.15, -0.1) is 0 Å². The molecule has 0 radical (unpaired) electrons. The molecule has 1 aromatic heterocycles. The molecular weight excluding hydrogens is 381 g/mol. The second kappa shape index (κ2) is 8.26. The number of fused-ring (bicyclic) bond motifs is 1. The van der Waals surface area contributed by atoms with Crippen LogP contribution in [0.15, 0.2) is 72.9 Å². The minimum atomic E-state index is -0.172. The van der Waals surface area contributed by atoms with Crippen molar-refractivity contribution in [2.75, 3.05) is 0 Å². The van der Waals surface area contributed by atoms with Gasteiger partial charge >= 0.3 is 0 Å². The average molecular weight is 411 g/mol. The van der Waals surface area contributed by atoms with Gasteiger partial charge in [0.2, 0.25) is 5.69 Å². The van der Waals surface area contributed by atoms with E-state index >= 15 is 0 Å². The molecule has 0 N–H and O–H groups in total. The van der Waals surface area contributed by atoms with Gasteiger partial charge in [0.1, 0.15) is 12.9 Å². The van der Waals surface area contributed by atoms with E-state index in [9.17, 15) is 4.39 Å². The van der Waals surface area contributed by atoms with Crippen molar-refractivity contribution in [1.82, 2.24) is 0 Å². The smallest absolute Gasteiger partial charge is 0.206 e. The highest BCUT2D eigenvalue weighted by Gasteiger charge is 2.21. The number of aryl methyl sites for hydroxylation is 2. The molecule has 1 nitrogen and oxygen atoms in total. The standard InChI is InChI=1S/C29H29FN/c1-20-16-28(30)27(23-10-4-3-5-11-23)19-26(20)29-25-13-12-22(17-21-8-6-7-9-21)18-24(25)14-15-31(29)2/h3-5,10-16,18-19,21H,6-9,17H2,1-2H3/q+1. The molecule has 0 spiro atoms. The molecule has 156 valence electrons. The Balaban J connectivity index is 1.63. The molecule has 0 aliphatic heterocycles. The molecule has 31 heavy (non-hydrogen) atoms. The third kappa shape index (κ3) is 3.87. The van der Waals surface area contributed by atoms with Gasteiger partial charge in [-0.2, -0.15) is 0 Å². The third-order valence-electron chi connectivity index (χ3n) is 6.85. The molecule has 0 amide bonds. The molecule has 1 aliphatic rings. The molecule has 1 heterocycles. The molecular formula is C29H29FN+. The summed E-state index contributed by atoms with van der Waals surface area (Å²) in [5, 5.41) is 2.47. The van der Waals surface area contributed by atoms with Gasteiger partial charge in [-0.25, -0.2) is 8.96 Å². The highest BCUT2D eigenvalue weighted by molar-refractivity contribution is 5.94. The Hall–Kier alpha value is -3.00. The van der Waals surface area contributed by atoms with Gasteiger partial charge in [-0.1, -0.05) is 68.1 Å². The third-order valence-corrected chi connectivity index (χ3v) is 6.85. The lowest BCUT2D eigenvalue weighted by molar-refractivity contribution is -0.659. The summed E-state index contributed by atoms with van der Waals surface area (Å²) in [5.41, 5.74) is 6.16. The van der Waals surface area contributed by atoms with E-state index < -0.39 is 0 Å². The van der Waals surface area contributed by atoms with Crippen molar-refractivity contribution in [3.63, 3.8) is 0 Å². The fourth-order valence-corrected chi connectivity index (χ4v) is 5.20. The molecule has 0 unspecified atom stereocenters. The van der Waals surface area contributed by atoms with Gasteiger partial charge in [0.15, 0.2) is 6.20 Å². The fraction of sp³-hybridized carbons (Fsp3) is 0.276. The number of aromatic nitrogens is 1. The van der Waals surface area contributed by atoms with Gasteiger partial charge in [0, 0.05) is 11.6 Å². The van der Waals surface area contributed by atoms with Gasteiger partial charge < -0.3 is 0 Å². The first-order chi connectivity index (χ1) is 15.1. The number of rotatable bonds is 4. The molecule has 1 fully saturated rings. The summed E-state index contributed by atoms with van der Waals surface area (Å²) in [6.07, 6.45) is 8.80. The summed E-state index contributed by atoms with van der Waals surface area (Å²) in [6.45, 7) is 2.00. The van der Waals surface area contributed by atoms with E-state index in [0.29, 0.717) is 5.56 Å². The van der Waals surface area contributed by atoms with Crippen LogP contribution in [0.4, 0.5) is 4.39 Å². The number of benzene rings is 3. The Labute approximate surface area is 184 Å². The number of pyridine rings is 1. The fourth-order valence-electron chi connectivity index (χ4n) is 5.20. The highest BCUT2D eigenvalue weighted by Crippen LogP contribution is 2.34. The summed E-state index contributed by atoms with van der Waals surface area (Å²) < 4.78 is 17.0. The first kappa shape index (κ1) is 19.9. The lowest BCUT2D eigenvalue weighted by Gasteiger charge is -2.13. The van der Waals surface area contributed by atoms with Gasteiger partial charge in [0.05, 0.1) is 10.9 Å². The molecule has 5 rings (SSSR count). The van der Waals surface area contributed by atoms with E-state index in [0.717, 1.165) is 28.3 Å². The van der Waals surface area contributed by atoms with Crippen molar-refractivity contribution in [3.8, 4) is 22.4 Å². The van der Waals surface area contributed by atoms with Crippen molar-refractivity contribution in [1.29, 1.82) is 0 Å². The van der Waals surface area contributed by atoms with Crippen LogP contribution in [0.3, 0.4) is 0 Å². The number of hydrogen-bond acceptors (Lipinski definition) is 0. The summed E-state index contributed by atoms with van der Waals surface area (Å²) >= 11 is 0. The summed E-state index contributed by atoms with van der Waals surface area (Å²) in [7, 11) is 2.08. The SMILES string of the molecule is Cc1cc(F)c(-c2ccccc2)cc1-c1c2ccc(CC3CCCC3)cc2cc[n+]1C. The van der Waals surface area contributed by atoms with Crippen molar-refractivity contribution in [2.24, 2.45) is 13.0 Å². The van der Waals surface area contributed by atoms with Crippen LogP contribution in [0.2, 0.25) is 0 Å². The maximum absolute atomic E-state index is 14.9. The molecule has 0 bridgehead atoms.